The summed E-state index contributed by atoms with van der Waals surface area (Å²) in [6.45, 7) is 3.48. The number of aromatic nitrogens is 2. The quantitative estimate of drug-likeness (QED) is 0.627. The van der Waals surface area contributed by atoms with Gasteiger partial charge in [-0.2, -0.15) is 0 Å². The van der Waals surface area contributed by atoms with Gasteiger partial charge in [-0.1, -0.05) is 12.1 Å². The molecule has 2 aromatic heterocycles. The van der Waals surface area contributed by atoms with E-state index in [0.29, 0.717) is 25.4 Å². The van der Waals surface area contributed by atoms with Gasteiger partial charge < -0.3 is 14.4 Å². The van der Waals surface area contributed by atoms with Crippen molar-refractivity contribution in [2.45, 2.75) is 31.9 Å². The minimum absolute atomic E-state index is 0.0557. The molecule has 0 bridgehead atoms. The third-order valence-electron chi connectivity index (χ3n) is 5.71. The molecule has 0 spiro atoms. The normalized spacial score (nSPS) is 18.9. The molecule has 0 aliphatic carbocycles. The number of rotatable bonds is 5. The maximum absolute atomic E-state index is 13.2. The van der Waals surface area contributed by atoms with Crippen molar-refractivity contribution in [3.63, 3.8) is 0 Å². The molecule has 0 N–H and O–H groups in total. The van der Waals surface area contributed by atoms with E-state index in [0.717, 1.165) is 48.1 Å². The van der Waals surface area contributed by atoms with E-state index in [1.165, 1.54) is 6.42 Å². The van der Waals surface area contributed by atoms with Crippen molar-refractivity contribution in [3.05, 3.63) is 47.2 Å². The Balaban J connectivity index is 1.32. The Morgan fingerprint density at radius 2 is 2.03 bits per heavy atom. The first-order chi connectivity index (χ1) is 14.7. The van der Waals surface area contributed by atoms with Gasteiger partial charge in [0.1, 0.15) is 12.7 Å². The first-order valence-electron chi connectivity index (χ1n) is 10.5. The number of carbonyl (C=O) groups excluding carboxylic acids is 1. The topological polar surface area (TPSA) is 59.3 Å². The zero-order valence-electron chi connectivity index (χ0n) is 17.1. The second-order valence-corrected chi connectivity index (χ2v) is 8.88. The highest BCUT2D eigenvalue weighted by molar-refractivity contribution is 7.15. The highest BCUT2D eigenvalue weighted by atomic mass is 32.1. The number of hydrogen-bond donors (Lipinski definition) is 0. The van der Waals surface area contributed by atoms with Crippen molar-refractivity contribution in [2.75, 3.05) is 33.3 Å². The molecule has 1 fully saturated rings. The van der Waals surface area contributed by atoms with Gasteiger partial charge >= 0.3 is 0 Å². The van der Waals surface area contributed by atoms with Crippen molar-refractivity contribution in [1.82, 2.24) is 19.2 Å². The van der Waals surface area contributed by atoms with Crippen LogP contribution in [-0.2, 0) is 6.54 Å². The molecule has 1 amide bonds. The van der Waals surface area contributed by atoms with Crippen LogP contribution in [0.4, 0.5) is 0 Å². The fraction of sp³-hybridized carbons (Fsp3) is 0.455. The molecule has 2 aliphatic heterocycles. The summed E-state index contributed by atoms with van der Waals surface area (Å²) in [6, 6.07) is 7.75. The number of hydrogen-bond acceptors (Lipinski definition) is 6. The van der Waals surface area contributed by atoms with Gasteiger partial charge in [0.25, 0.3) is 5.91 Å². The molecular weight excluding hydrogens is 400 g/mol. The number of nitrogens with zero attached hydrogens (tertiary/aromatic N) is 4. The van der Waals surface area contributed by atoms with Crippen LogP contribution in [0, 0.1) is 0 Å². The van der Waals surface area contributed by atoms with Crippen LogP contribution < -0.4 is 9.47 Å². The summed E-state index contributed by atoms with van der Waals surface area (Å²) in [6.07, 6.45) is 5.29. The van der Waals surface area contributed by atoms with Crippen LogP contribution in [0.1, 0.15) is 35.4 Å². The van der Waals surface area contributed by atoms with Gasteiger partial charge in [-0.05, 0) is 38.4 Å². The smallest absolute Gasteiger partial charge is 0.274 e. The number of piperidine rings is 1. The van der Waals surface area contributed by atoms with Crippen molar-refractivity contribution in [1.29, 1.82) is 0 Å². The highest BCUT2D eigenvalue weighted by Gasteiger charge is 2.27. The van der Waals surface area contributed by atoms with Crippen LogP contribution in [0.25, 0.3) is 4.96 Å². The van der Waals surface area contributed by atoms with Crippen LogP contribution in [0.15, 0.2) is 35.8 Å². The minimum atomic E-state index is -0.0583. The summed E-state index contributed by atoms with van der Waals surface area (Å²) in [7, 11) is 2.05. The third kappa shape index (κ3) is 3.77. The molecule has 1 atom stereocenters. The summed E-state index contributed by atoms with van der Waals surface area (Å²) in [5, 5.41) is 2.01. The Labute approximate surface area is 179 Å². The van der Waals surface area contributed by atoms with Crippen LogP contribution in [0.5, 0.6) is 11.5 Å². The molecule has 8 heteroatoms. The fourth-order valence-electron chi connectivity index (χ4n) is 4.22. The number of imidazole rings is 1. The highest BCUT2D eigenvalue weighted by Crippen LogP contribution is 2.31. The van der Waals surface area contributed by atoms with Gasteiger partial charge in [0, 0.05) is 37.8 Å². The van der Waals surface area contributed by atoms with E-state index >= 15 is 0 Å². The number of para-hydroxylation sites is 2. The molecule has 1 unspecified atom stereocenters. The maximum atomic E-state index is 13.2. The van der Waals surface area contributed by atoms with Gasteiger partial charge in [-0.25, -0.2) is 4.98 Å². The van der Waals surface area contributed by atoms with E-state index < -0.39 is 0 Å². The third-order valence-corrected chi connectivity index (χ3v) is 6.47. The Morgan fingerprint density at radius 1 is 1.23 bits per heavy atom. The molecule has 7 nitrogen and oxygen atoms in total. The molecule has 4 heterocycles. The number of likely N-dealkylation sites (N-methyl/N-ethyl adjacent to an activating group) is 1. The number of amides is 1. The predicted molar refractivity (Wildman–Crippen MR) is 116 cm³/mol. The molecule has 30 heavy (non-hydrogen) atoms. The Hall–Kier alpha value is -2.58. The first-order valence-corrected chi connectivity index (χ1v) is 11.4. The second-order valence-electron chi connectivity index (χ2n) is 8.01. The Kier molecular flexibility index (Phi) is 5.35. The average molecular weight is 427 g/mol. The van der Waals surface area contributed by atoms with Crippen LogP contribution in [-0.4, -0.2) is 64.5 Å². The van der Waals surface area contributed by atoms with Crippen LogP contribution >= 0.6 is 11.3 Å². The average Bonchev–Trinajstić information content (AvgIpc) is 3.36. The summed E-state index contributed by atoms with van der Waals surface area (Å²) in [5.41, 5.74) is 1.53. The fourth-order valence-corrected chi connectivity index (χ4v) is 4.96. The van der Waals surface area contributed by atoms with Crippen LogP contribution in [0.3, 0.4) is 0 Å². The molecule has 158 valence electrons. The van der Waals surface area contributed by atoms with E-state index in [-0.39, 0.29) is 12.0 Å². The Bertz CT molecular complexity index is 1040. The molecule has 0 radical (unpaired) electrons. The molecule has 2 aliphatic rings. The van der Waals surface area contributed by atoms with Gasteiger partial charge in [0.2, 0.25) is 0 Å². The van der Waals surface area contributed by atoms with Crippen molar-refractivity contribution in [2.24, 2.45) is 0 Å². The first kappa shape index (κ1) is 19.4. The summed E-state index contributed by atoms with van der Waals surface area (Å²) < 4.78 is 14.0. The largest absolute Gasteiger partial charge is 0.486 e. The van der Waals surface area contributed by atoms with E-state index in [2.05, 4.69) is 9.88 Å². The van der Waals surface area contributed by atoms with Crippen molar-refractivity contribution >= 4 is 22.2 Å². The lowest BCUT2D eigenvalue weighted by atomic mass is 10.1. The molecule has 1 aromatic carbocycles. The second kappa shape index (κ2) is 8.28. The van der Waals surface area contributed by atoms with E-state index in [1.54, 1.807) is 11.3 Å². The number of likely N-dealkylation sites (tertiary alicyclic amines) is 1. The number of thiazole rings is 1. The van der Waals surface area contributed by atoms with Gasteiger partial charge in [-0.15, -0.1) is 11.3 Å². The van der Waals surface area contributed by atoms with E-state index in [1.807, 2.05) is 52.2 Å². The summed E-state index contributed by atoms with van der Waals surface area (Å²) in [4.78, 5) is 22.9. The van der Waals surface area contributed by atoms with Gasteiger partial charge in [0.15, 0.2) is 22.2 Å². The Morgan fingerprint density at radius 3 is 2.87 bits per heavy atom. The van der Waals surface area contributed by atoms with Crippen LogP contribution in [0.2, 0.25) is 0 Å². The molecule has 1 saturated heterocycles. The standard InChI is InChI=1S/C22H26N4O3S/c1-24(13-16-15-28-18-7-3-4-8-19(18)29-16)14-17-20(23-22-26(17)11-12-30-22)21(27)25-9-5-2-6-10-25/h3-4,7-8,11-12,16H,2,5-6,9-10,13-15H2,1H3. The van der Waals surface area contributed by atoms with E-state index in [4.69, 9.17) is 9.47 Å². The molecule has 5 rings (SSSR count). The lowest BCUT2D eigenvalue weighted by Crippen LogP contribution is -2.40. The van der Waals surface area contributed by atoms with E-state index in [9.17, 15) is 4.79 Å². The lowest BCUT2D eigenvalue weighted by Gasteiger charge is -2.30. The number of ether oxygens (including phenoxy) is 2. The number of fused-ring (bicyclic) bond motifs is 2. The maximum Gasteiger partial charge on any atom is 0.274 e. The monoisotopic (exact) mass is 426 g/mol. The van der Waals surface area contributed by atoms with Crippen molar-refractivity contribution < 1.29 is 14.3 Å². The van der Waals surface area contributed by atoms with Gasteiger partial charge in [0.05, 0.1) is 5.69 Å². The summed E-state index contributed by atoms with van der Waals surface area (Å²) in [5.74, 6) is 1.63. The minimum Gasteiger partial charge on any atom is -0.486 e. The summed E-state index contributed by atoms with van der Waals surface area (Å²) >= 11 is 1.56. The zero-order valence-corrected chi connectivity index (χ0v) is 17.9. The molecule has 3 aromatic rings. The predicted octanol–water partition coefficient (Wildman–Crippen LogP) is 3.29. The number of benzene rings is 1. The van der Waals surface area contributed by atoms with Gasteiger partial charge in [-0.3, -0.25) is 14.1 Å². The number of carbonyl (C=O) groups is 1. The molecule has 0 saturated carbocycles. The van der Waals surface area contributed by atoms with Crippen molar-refractivity contribution in [3.8, 4) is 11.5 Å². The molecular formula is C22H26N4O3S. The zero-order chi connectivity index (χ0) is 20.5. The SMILES string of the molecule is CN(Cc1c(C(=O)N2CCCCC2)nc2sccn12)CC1COc2ccccc2O1. The lowest BCUT2D eigenvalue weighted by molar-refractivity contribution is 0.0629.